The molecule has 0 radical (unpaired) electrons. The number of aryl methyl sites for hydroxylation is 1. The van der Waals surface area contributed by atoms with Crippen molar-refractivity contribution < 1.29 is 4.74 Å². The van der Waals surface area contributed by atoms with Gasteiger partial charge in [0.05, 0.1) is 12.8 Å². The second-order valence-corrected chi connectivity index (χ2v) is 5.58. The van der Waals surface area contributed by atoms with Gasteiger partial charge in [0, 0.05) is 18.8 Å². The van der Waals surface area contributed by atoms with E-state index in [0.29, 0.717) is 5.69 Å². The molecule has 3 nitrogen and oxygen atoms in total. The summed E-state index contributed by atoms with van der Waals surface area (Å²) in [6, 6.07) is 14.8. The zero-order chi connectivity index (χ0) is 14.7. The molecule has 0 bridgehead atoms. The van der Waals surface area contributed by atoms with Gasteiger partial charge in [0.1, 0.15) is 5.75 Å². The molecule has 21 heavy (non-hydrogen) atoms. The topological polar surface area (TPSA) is 38.5 Å². The number of nitrogens with zero attached hydrogens (tertiary/aromatic N) is 1. The minimum Gasteiger partial charge on any atom is -0.495 e. The van der Waals surface area contributed by atoms with E-state index in [2.05, 4.69) is 35.2 Å². The predicted molar refractivity (Wildman–Crippen MR) is 87.8 cm³/mol. The van der Waals surface area contributed by atoms with Crippen LogP contribution in [0.5, 0.6) is 5.75 Å². The first-order valence-electron chi connectivity index (χ1n) is 7.53. The molecular weight excluding hydrogens is 260 g/mol. The fraction of sp³-hybridized carbons (Fsp3) is 0.333. The average Bonchev–Trinajstić information content (AvgIpc) is 2.70. The third-order valence-electron chi connectivity index (χ3n) is 4.12. The van der Waals surface area contributed by atoms with Crippen LogP contribution in [0, 0.1) is 0 Å². The van der Waals surface area contributed by atoms with Crippen LogP contribution in [0.15, 0.2) is 42.5 Å². The molecule has 0 saturated carbocycles. The lowest BCUT2D eigenvalue weighted by Crippen LogP contribution is -2.23. The lowest BCUT2D eigenvalue weighted by atomic mass is 10.1. The van der Waals surface area contributed by atoms with Crippen molar-refractivity contribution in [2.75, 3.05) is 24.3 Å². The Labute approximate surface area is 126 Å². The van der Waals surface area contributed by atoms with E-state index < -0.39 is 0 Å². The number of benzene rings is 2. The molecule has 0 aromatic heterocycles. The number of anilines is 2. The van der Waals surface area contributed by atoms with Gasteiger partial charge in [0.2, 0.25) is 0 Å². The van der Waals surface area contributed by atoms with Crippen LogP contribution in [0.4, 0.5) is 11.4 Å². The van der Waals surface area contributed by atoms with Gasteiger partial charge in [-0.3, -0.25) is 0 Å². The number of para-hydroxylation sites is 1. The van der Waals surface area contributed by atoms with Gasteiger partial charge in [-0.1, -0.05) is 24.3 Å². The van der Waals surface area contributed by atoms with E-state index in [0.717, 1.165) is 18.8 Å². The highest BCUT2D eigenvalue weighted by atomic mass is 16.5. The SMILES string of the molecule is COc1ccc(CN2CCCCc3ccccc32)cc1N. The first kappa shape index (κ1) is 13.8. The molecule has 1 aliphatic rings. The van der Waals surface area contributed by atoms with Gasteiger partial charge < -0.3 is 15.4 Å². The standard InChI is InChI=1S/C18H22N2O/c1-21-18-10-9-14(12-16(18)19)13-20-11-5-4-7-15-6-2-3-8-17(15)20/h2-3,6,8-10,12H,4-5,7,11,13,19H2,1H3. The van der Waals surface area contributed by atoms with Crippen molar-refractivity contribution in [2.24, 2.45) is 0 Å². The van der Waals surface area contributed by atoms with Gasteiger partial charge in [-0.15, -0.1) is 0 Å². The van der Waals surface area contributed by atoms with Crippen molar-refractivity contribution in [3.63, 3.8) is 0 Å². The Hall–Kier alpha value is -2.16. The van der Waals surface area contributed by atoms with E-state index in [1.54, 1.807) is 7.11 Å². The van der Waals surface area contributed by atoms with Crippen molar-refractivity contribution in [3.8, 4) is 5.75 Å². The van der Waals surface area contributed by atoms with Crippen LogP contribution in [0.3, 0.4) is 0 Å². The fourth-order valence-corrected chi connectivity index (χ4v) is 3.04. The molecule has 1 aliphatic heterocycles. The molecule has 0 spiro atoms. The first-order chi connectivity index (χ1) is 10.3. The van der Waals surface area contributed by atoms with Crippen molar-refractivity contribution in [3.05, 3.63) is 53.6 Å². The highest BCUT2D eigenvalue weighted by Crippen LogP contribution is 2.29. The minimum atomic E-state index is 0.707. The van der Waals surface area contributed by atoms with Crippen LogP contribution >= 0.6 is 0 Å². The molecule has 0 aliphatic carbocycles. The van der Waals surface area contributed by atoms with Crippen LogP contribution in [0.1, 0.15) is 24.0 Å². The van der Waals surface area contributed by atoms with Gasteiger partial charge in [0.15, 0.2) is 0 Å². The van der Waals surface area contributed by atoms with E-state index >= 15 is 0 Å². The largest absolute Gasteiger partial charge is 0.495 e. The normalized spacial score (nSPS) is 14.4. The summed E-state index contributed by atoms with van der Waals surface area (Å²) in [5.74, 6) is 0.745. The number of nitrogen functional groups attached to an aromatic ring is 1. The van der Waals surface area contributed by atoms with Gasteiger partial charge in [-0.05, 0) is 48.6 Å². The van der Waals surface area contributed by atoms with Crippen molar-refractivity contribution >= 4 is 11.4 Å². The summed E-state index contributed by atoms with van der Waals surface area (Å²) in [6.45, 7) is 1.99. The molecule has 0 saturated heterocycles. The van der Waals surface area contributed by atoms with Gasteiger partial charge in [-0.25, -0.2) is 0 Å². The van der Waals surface area contributed by atoms with Crippen LogP contribution in [0.25, 0.3) is 0 Å². The molecule has 0 amide bonds. The Balaban J connectivity index is 1.86. The smallest absolute Gasteiger partial charge is 0.141 e. The molecule has 0 atom stereocenters. The Morgan fingerprint density at radius 1 is 1.14 bits per heavy atom. The third kappa shape index (κ3) is 2.97. The van der Waals surface area contributed by atoms with Gasteiger partial charge in [-0.2, -0.15) is 0 Å². The van der Waals surface area contributed by atoms with E-state index in [1.165, 1.54) is 36.1 Å². The fourth-order valence-electron chi connectivity index (χ4n) is 3.04. The zero-order valence-electron chi connectivity index (χ0n) is 12.5. The molecule has 2 aromatic rings. The van der Waals surface area contributed by atoms with E-state index in [-0.39, 0.29) is 0 Å². The van der Waals surface area contributed by atoms with E-state index in [9.17, 15) is 0 Å². The highest BCUT2D eigenvalue weighted by Gasteiger charge is 2.15. The highest BCUT2D eigenvalue weighted by molar-refractivity contribution is 5.57. The Morgan fingerprint density at radius 3 is 2.81 bits per heavy atom. The summed E-state index contributed by atoms with van der Waals surface area (Å²) < 4.78 is 5.23. The number of rotatable bonds is 3. The number of hydrogen-bond acceptors (Lipinski definition) is 3. The summed E-state index contributed by atoms with van der Waals surface area (Å²) in [6.07, 6.45) is 3.68. The number of nitrogens with two attached hydrogens (primary N) is 1. The molecule has 3 heteroatoms. The molecule has 110 valence electrons. The summed E-state index contributed by atoms with van der Waals surface area (Å²) in [5, 5.41) is 0. The van der Waals surface area contributed by atoms with E-state index in [1.807, 2.05) is 12.1 Å². The van der Waals surface area contributed by atoms with Crippen molar-refractivity contribution in [2.45, 2.75) is 25.8 Å². The quantitative estimate of drug-likeness (QED) is 0.874. The number of fused-ring (bicyclic) bond motifs is 1. The molecular formula is C18H22N2O. The molecule has 1 heterocycles. The monoisotopic (exact) mass is 282 g/mol. The van der Waals surface area contributed by atoms with Crippen molar-refractivity contribution in [1.29, 1.82) is 0 Å². The molecule has 2 N–H and O–H groups in total. The maximum atomic E-state index is 6.02. The Kier molecular flexibility index (Phi) is 4.00. The van der Waals surface area contributed by atoms with Crippen molar-refractivity contribution in [1.82, 2.24) is 0 Å². The van der Waals surface area contributed by atoms with Crippen LogP contribution in [-0.4, -0.2) is 13.7 Å². The first-order valence-corrected chi connectivity index (χ1v) is 7.53. The third-order valence-corrected chi connectivity index (χ3v) is 4.12. The Bertz CT molecular complexity index is 624. The second-order valence-electron chi connectivity index (χ2n) is 5.58. The summed E-state index contributed by atoms with van der Waals surface area (Å²) in [7, 11) is 1.65. The van der Waals surface area contributed by atoms with Crippen LogP contribution < -0.4 is 15.4 Å². The average molecular weight is 282 g/mol. The van der Waals surface area contributed by atoms with Crippen LogP contribution in [-0.2, 0) is 13.0 Å². The van der Waals surface area contributed by atoms with Crippen LogP contribution in [0.2, 0.25) is 0 Å². The maximum absolute atomic E-state index is 6.02. The van der Waals surface area contributed by atoms with E-state index in [4.69, 9.17) is 10.5 Å². The Morgan fingerprint density at radius 2 is 2.00 bits per heavy atom. The summed E-state index contributed by atoms with van der Waals surface area (Å²) in [4.78, 5) is 2.46. The lowest BCUT2D eigenvalue weighted by molar-refractivity contribution is 0.417. The minimum absolute atomic E-state index is 0.707. The molecule has 0 fully saturated rings. The predicted octanol–water partition coefficient (Wildman–Crippen LogP) is 3.62. The summed E-state index contributed by atoms with van der Waals surface area (Å²) in [5.41, 5.74) is 10.8. The number of methoxy groups -OCH3 is 1. The van der Waals surface area contributed by atoms with Gasteiger partial charge in [0.25, 0.3) is 0 Å². The maximum Gasteiger partial charge on any atom is 0.141 e. The number of hydrogen-bond donors (Lipinski definition) is 1. The summed E-state index contributed by atoms with van der Waals surface area (Å²) >= 11 is 0. The molecule has 2 aromatic carbocycles. The molecule has 0 unspecified atom stereocenters. The number of ether oxygens (including phenoxy) is 1. The lowest BCUT2D eigenvalue weighted by Gasteiger charge is -2.25. The molecule has 3 rings (SSSR count). The van der Waals surface area contributed by atoms with Gasteiger partial charge >= 0.3 is 0 Å². The second kappa shape index (κ2) is 6.08. The zero-order valence-corrected chi connectivity index (χ0v) is 12.5.